The van der Waals surface area contributed by atoms with Crippen LogP contribution < -0.4 is 10.3 Å². The molecule has 0 radical (unpaired) electrons. The molecule has 2 heterocycles. The van der Waals surface area contributed by atoms with E-state index in [-0.39, 0.29) is 17.1 Å². The molecule has 0 atom stereocenters. The molecule has 29 heavy (non-hydrogen) atoms. The summed E-state index contributed by atoms with van der Waals surface area (Å²) in [6.07, 6.45) is 0. The fraction of sp³-hybridized carbons (Fsp3) is 0.304. The first-order chi connectivity index (χ1) is 14.0. The van der Waals surface area contributed by atoms with Crippen LogP contribution in [0, 0.1) is 6.92 Å². The Morgan fingerprint density at radius 3 is 2.52 bits per heavy atom. The second-order valence-electron chi connectivity index (χ2n) is 7.40. The predicted molar refractivity (Wildman–Crippen MR) is 112 cm³/mol. The number of hydrogen-bond donors (Lipinski definition) is 0. The molecule has 2 aromatic carbocycles. The molecule has 3 aromatic rings. The number of carbonyl (C=O) groups is 1. The maximum atomic E-state index is 12.8. The van der Waals surface area contributed by atoms with Crippen molar-refractivity contribution in [3.05, 3.63) is 75.6 Å². The van der Waals surface area contributed by atoms with Gasteiger partial charge >= 0.3 is 0 Å². The molecule has 0 bridgehead atoms. The zero-order valence-corrected chi connectivity index (χ0v) is 16.7. The zero-order chi connectivity index (χ0) is 20.4. The fourth-order valence-electron chi connectivity index (χ4n) is 3.54. The van der Waals surface area contributed by atoms with Gasteiger partial charge < -0.3 is 19.0 Å². The number of rotatable bonds is 4. The van der Waals surface area contributed by atoms with Gasteiger partial charge in [-0.2, -0.15) is 0 Å². The van der Waals surface area contributed by atoms with E-state index in [1.54, 1.807) is 24.1 Å². The van der Waals surface area contributed by atoms with Gasteiger partial charge in [-0.05, 0) is 36.8 Å². The number of carbonyl (C=O) groups excluding carboxylic acids is 1. The number of benzene rings is 2. The number of amides is 1. The largest absolute Gasteiger partial charge is 0.451 e. The van der Waals surface area contributed by atoms with E-state index in [0.717, 1.165) is 43.1 Å². The fourth-order valence-corrected chi connectivity index (χ4v) is 3.54. The summed E-state index contributed by atoms with van der Waals surface area (Å²) in [4.78, 5) is 29.0. The molecule has 0 aliphatic carbocycles. The number of nitrogens with zero attached hydrogens (tertiary/aromatic N) is 2. The standard InChI is InChI=1S/C23H24N2O4/c1-16-3-8-21-19(13-16)20(26)14-22(29-21)23(27)24(2)15-17-4-6-18(7-5-17)25-9-11-28-12-10-25/h3-8,13-14H,9-12,15H2,1-2H3. The van der Waals surface area contributed by atoms with Gasteiger partial charge in [0.1, 0.15) is 5.58 Å². The minimum atomic E-state index is -0.318. The third-order valence-corrected chi connectivity index (χ3v) is 5.17. The SMILES string of the molecule is Cc1ccc2oc(C(=O)N(C)Cc3ccc(N4CCOCC4)cc3)cc(=O)c2c1. The van der Waals surface area contributed by atoms with E-state index < -0.39 is 0 Å². The van der Waals surface area contributed by atoms with Crippen molar-refractivity contribution in [3.8, 4) is 0 Å². The van der Waals surface area contributed by atoms with Crippen molar-refractivity contribution in [2.24, 2.45) is 0 Å². The second-order valence-corrected chi connectivity index (χ2v) is 7.40. The van der Waals surface area contributed by atoms with Crippen molar-refractivity contribution in [2.75, 3.05) is 38.3 Å². The summed E-state index contributed by atoms with van der Waals surface area (Å²) in [7, 11) is 1.71. The topological polar surface area (TPSA) is 63.0 Å². The van der Waals surface area contributed by atoms with Crippen LogP contribution in [0.25, 0.3) is 11.0 Å². The molecule has 1 aromatic heterocycles. The van der Waals surface area contributed by atoms with E-state index in [2.05, 4.69) is 17.0 Å². The van der Waals surface area contributed by atoms with E-state index in [4.69, 9.17) is 9.15 Å². The number of anilines is 1. The predicted octanol–water partition coefficient (Wildman–Crippen LogP) is 3.21. The smallest absolute Gasteiger partial charge is 0.289 e. The van der Waals surface area contributed by atoms with Gasteiger partial charge in [0.25, 0.3) is 5.91 Å². The normalized spacial score (nSPS) is 14.2. The highest BCUT2D eigenvalue weighted by molar-refractivity contribution is 5.93. The highest BCUT2D eigenvalue weighted by Gasteiger charge is 2.17. The van der Waals surface area contributed by atoms with Crippen molar-refractivity contribution in [3.63, 3.8) is 0 Å². The molecule has 1 aliphatic heterocycles. The number of morpholine rings is 1. The van der Waals surface area contributed by atoms with Crippen molar-refractivity contribution < 1.29 is 13.9 Å². The Morgan fingerprint density at radius 2 is 1.79 bits per heavy atom. The first kappa shape index (κ1) is 19.2. The molecule has 0 saturated carbocycles. The summed E-state index contributed by atoms with van der Waals surface area (Å²) in [6, 6.07) is 14.8. The molecule has 6 heteroatoms. The van der Waals surface area contributed by atoms with Gasteiger partial charge in [0, 0.05) is 38.4 Å². The van der Waals surface area contributed by atoms with E-state index in [1.807, 2.05) is 25.1 Å². The Kier molecular flexibility index (Phi) is 5.36. The lowest BCUT2D eigenvalue weighted by Gasteiger charge is -2.29. The molecular weight excluding hydrogens is 368 g/mol. The van der Waals surface area contributed by atoms with Crippen LogP contribution in [0.3, 0.4) is 0 Å². The molecule has 4 rings (SSSR count). The molecular formula is C23H24N2O4. The molecule has 1 amide bonds. The molecule has 0 spiro atoms. The summed E-state index contributed by atoms with van der Waals surface area (Å²) < 4.78 is 11.1. The van der Waals surface area contributed by atoms with Gasteiger partial charge in [0.05, 0.1) is 18.6 Å². The van der Waals surface area contributed by atoms with Crippen LogP contribution in [0.1, 0.15) is 21.7 Å². The maximum Gasteiger partial charge on any atom is 0.289 e. The molecule has 1 saturated heterocycles. The molecule has 1 fully saturated rings. The molecule has 0 unspecified atom stereocenters. The number of ether oxygens (including phenoxy) is 1. The lowest BCUT2D eigenvalue weighted by atomic mass is 10.1. The van der Waals surface area contributed by atoms with Gasteiger partial charge in [0.2, 0.25) is 0 Å². The van der Waals surface area contributed by atoms with Crippen LogP contribution in [-0.2, 0) is 11.3 Å². The Hall–Kier alpha value is -3.12. The van der Waals surface area contributed by atoms with Gasteiger partial charge in [-0.15, -0.1) is 0 Å². The van der Waals surface area contributed by atoms with Crippen molar-refractivity contribution in [1.29, 1.82) is 0 Å². The van der Waals surface area contributed by atoms with E-state index in [9.17, 15) is 9.59 Å². The number of hydrogen-bond acceptors (Lipinski definition) is 5. The summed E-state index contributed by atoms with van der Waals surface area (Å²) in [6.45, 7) is 5.61. The van der Waals surface area contributed by atoms with Crippen molar-refractivity contribution in [2.45, 2.75) is 13.5 Å². The first-order valence-electron chi connectivity index (χ1n) is 9.73. The molecule has 150 valence electrons. The average Bonchev–Trinajstić information content (AvgIpc) is 2.74. The Balaban J connectivity index is 1.48. The summed E-state index contributed by atoms with van der Waals surface area (Å²) in [5.74, 6) is -0.263. The van der Waals surface area contributed by atoms with Crippen LogP contribution >= 0.6 is 0 Å². The zero-order valence-electron chi connectivity index (χ0n) is 16.7. The lowest BCUT2D eigenvalue weighted by molar-refractivity contribution is 0.0754. The highest BCUT2D eigenvalue weighted by Crippen LogP contribution is 2.19. The van der Waals surface area contributed by atoms with Crippen LogP contribution in [0.5, 0.6) is 0 Å². The lowest BCUT2D eigenvalue weighted by Crippen LogP contribution is -2.36. The van der Waals surface area contributed by atoms with Gasteiger partial charge in [-0.25, -0.2) is 0 Å². The maximum absolute atomic E-state index is 12.8. The molecule has 6 nitrogen and oxygen atoms in total. The quantitative estimate of drug-likeness (QED) is 0.682. The van der Waals surface area contributed by atoms with E-state index in [0.29, 0.717) is 17.5 Å². The van der Waals surface area contributed by atoms with Crippen molar-refractivity contribution >= 4 is 22.6 Å². The summed E-state index contributed by atoms with van der Waals surface area (Å²) >= 11 is 0. The minimum Gasteiger partial charge on any atom is -0.451 e. The molecule has 0 N–H and O–H groups in total. The third-order valence-electron chi connectivity index (χ3n) is 5.17. The first-order valence-corrected chi connectivity index (χ1v) is 9.73. The average molecular weight is 392 g/mol. The molecule has 1 aliphatic rings. The Bertz CT molecular complexity index is 1080. The van der Waals surface area contributed by atoms with Crippen molar-refractivity contribution in [1.82, 2.24) is 4.90 Å². The Morgan fingerprint density at radius 1 is 1.07 bits per heavy atom. The van der Waals surface area contributed by atoms with Crippen LogP contribution in [0.4, 0.5) is 5.69 Å². The van der Waals surface area contributed by atoms with Crippen LogP contribution in [0.15, 0.2) is 57.7 Å². The van der Waals surface area contributed by atoms with Crippen LogP contribution in [0.2, 0.25) is 0 Å². The van der Waals surface area contributed by atoms with Gasteiger partial charge in [-0.1, -0.05) is 23.8 Å². The van der Waals surface area contributed by atoms with E-state index >= 15 is 0 Å². The second kappa shape index (κ2) is 8.09. The summed E-state index contributed by atoms with van der Waals surface area (Å²) in [5, 5.41) is 0.489. The van der Waals surface area contributed by atoms with Gasteiger partial charge in [-0.3, -0.25) is 9.59 Å². The number of fused-ring (bicyclic) bond motifs is 1. The monoisotopic (exact) mass is 392 g/mol. The highest BCUT2D eigenvalue weighted by atomic mass is 16.5. The number of aryl methyl sites for hydroxylation is 1. The van der Waals surface area contributed by atoms with E-state index in [1.165, 1.54) is 6.07 Å². The minimum absolute atomic E-state index is 0.0544. The Labute approximate surface area is 169 Å². The van der Waals surface area contributed by atoms with Crippen LogP contribution in [-0.4, -0.2) is 44.2 Å². The van der Waals surface area contributed by atoms with Gasteiger partial charge in [0.15, 0.2) is 11.2 Å². The summed E-state index contributed by atoms with van der Waals surface area (Å²) in [5.41, 5.74) is 3.36. The third kappa shape index (κ3) is 4.17.